The summed E-state index contributed by atoms with van der Waals surface area (Å²) in [6.07, 6.45) is 3.17. The quantitative estimate of drug-likeness (QED) is 0.455. The van der Waals surface area contributed by atoms with Crippen LogP contribution in [0.3, 0.4) is 0 Å². The predicted molar refractivity (Wildman–Crippen MR) is 30.4 cm³/mol. The molecule has 8 heavy (non-hydrogen) atoms. The van der Waals surface area contributed by atoms with E-state index >= 15 is 0 Å². The molecule has 1 heterocycles. The molecule has 0 aromatic heterocycles. The van der Waals surface area contributed by atoms with Crippen molar-refractivity contribution in [3.05, 3.63) is 17.2 Å². The van der Waals surface area contributed by atoms with E-state index in [0.717, 1.165) is 0 Å². The van der Waals surface area contributed by atoms with Gasteiger partial charge in [-0.15, -0.1) is 4.91 Å². The maximum absolute atomic E-state index is 9.70. The first-order chi connectivity index (χ1) is 3.93. The second-order valence-electron chi connectivity index (χ2n) is 1.30. The number of nitrogens with one attached hydrogen (secondary N) is 1. The lowest BCUT2D eigenvalue weighted by atomic mass is 10.5. The van der Waals surface area contributed by atoms with Gasteiger partial charge in [0.15, 0.2) is 5.84 Å². The zero-order valence-corrected chi connectivity index (χ0v) is 4.16. The predicted octanol–water partition coefficient (Wildman–Crippen LogP) is 0.226. The fourth-order valence-electron chi connectivity index (χ4n) is 0.425. The largest absolute Gasteiger partial charge is 0.372 e. The number of nitroso groups, excluding NO2 is 1. The molecule has 4 heteroatoms. The highest BCUT2D eigenvalue weighted by atomic mass is 16.3. The van der Waals surface area contributed by atoms with E-state index in [1.54, 1.807) is 6.20 Å². The van der Waals surface area contributed by atoms with Crippen LogP contribution in [0.25, 0.3) is 0 Å². The molecule has 42 valence electrons. The zero-order valence-electron chi connectivity index (χ0n) is 4.16. The topological polar surface area (TPSA) is 53.8 Å². The molecule has 0 atom stereocenters. The summed E-state index contributed by atoms with van der Waals surface area (Å²) >= 11 is 0. The summed E-state index contributed by atoms with van der Waals surface area (Å²) in [5, 5.41) is 5.40. The van der Waals surface area contributed by atoms with E-state index in [1.165, 1.54) is 6.08 Å². The van der Waals surface area contributed by atoms with Gasteiger partial charge in [0, 0.05) is 12.3 Å². The fourth-order valence-corrected chi connectivity index (χ4v) is 0.425. The first kappa shape index (κ1) is 4.96. The number of hydrogen-bond acceptors (Lipinski definition) is 4. The van der Waals surface area contributed by atoms with Gasteiger partial charge < -0.3 is 5.32 Å². The molecule has 1 N–H and O–H groups in total. The van der Waals surface area contributed by atoms with Crippen molar-refractivity contribution in [1.82, 2.24) is 5.32 Å². The third-order valence-corrected chi connectivity index (χ3v) is 0.776. The van der Waals surface area contributed by atoms with Gasteiger partial charge in [0.1, 0.15) is 6.67 Å². The Morgan fingerprint density at radius 2 is 2.75 bits per heavy atom. The Morgan fingerprint density at radius 3 is 3.12 bits per heavy atom. The molecule has 0 aromatic carbocycles. The monoisotopic (exact) mass is 111 g/mol. The van der Waals surface area contributed by atoms with E-state index < -0.39 is 0 Å². The molecule has 0 saturated carbocycles. The van der Waals surface area contributed by atoms with Crippen LogP contribution in [0.2, 0.25) is 0 Å². The van der Waals surface area contributed by atoms with Crippen LogP contribution in [0.15, 0.2) is 22.4 Å². The number of hydrogen-bond donors (Lipinski definition) is 1. The summed E-state index contributed by atoms with van der Waals surface area (Å²) in [4.78, 5) is 13.4. The highest BCUT2D eigenvalue weighted by Gasteiger charge is 1.93. The van der Waals surface area contributed by atoms with E-state index in [0.29, 0.717) is 6.67 Å². The summed E-state index contributed by atoms with van der Waals surface area (Å²) in [5.41, 5.74) is 0. The molecular weight excluding hydrogens is 106 g/mol. The van der Waals surface area contributed by atoms with Crippen LogP contribution < -0.4 is 5.32 Å². The van der Waals surface area contributed by atoms with Crippen LogP contribution in [-0.2, 0) is 0 Å². The molecule has 0 amide bonds. The first-order valence-electron chi connectivity index (χ1n) is 2.21. The lowest BCUT2D eigenvalue weighted by Gasteiger charge is -1.98. The Bertz CT molecular complexity index is 149. The summed E-state index contributed by atoms with van der Waals surface area (Å²) in [6.45, 7) is 0.456. The summed E-state index contributed by atoms with van der Waals surface area (Å²) < 4.78 is 0. The van der Waals surface area contributed by atoms with Gasteiger partial charge in [0.25, 0.3) is 0 Å². The normalized spacial score (nSPS) is 16.8. The zero-order chi connectivity index (χ0) is 5.82. The van der Waals surface area contributed by atoms with Crippen molar-refractivity contribution in [3.63, 3.8) is 0 Å². The van der Waals surface area contributed by atoms with E-state index in [9.17, 15) is 4.91 Å². The van der Waals surface area contributed by atoms with Crippen molar-refractivity contribution < 1.29 is 0 Å². The molecule has 0 unspecified atom stereocenters. The maximum Gasteiger partial charge on any atom is 0.195 e. The van der Waals surface area contributed by atoms with Gasteiger partial charge in [0.2, 0.25) is 0 Å². The lowest BCUT2D eigenvalue weighted by molar-refractivity contribution is 0.871. The summed E-state index contributed by atoms with van der Waals surface area (Å²) in [6, 6.07) is 0. The Hall–Kier alpha value is -1.19. The van der Waals surface area contributed by atoms with Crippen LogP contribution >= 0.6 is 0 Å². The van der Waals surface area contributed by atoms with Crippen molar-refractivity contribution in [3.8, 4) is 0 Å². The lowest BCUT2D eigenvalue weighted by Crippen LogP contribution is -2.11. The Balaban J connectivity index is 2.64. The van der Waals surface area contributed by atoms with Crippen molar-refractivity contribution in [2.24, 2.45) is 10.2 Å². The highest BCUT2D eigenvalue weighted by Crippen LogP contribution is 1.86. The Kier molecular flexibility index (Phi) is 1.37. The molecule has 0 fully saturated rings. The number of aliphatic imine (C=N–C) groups is 1. The van der Waals surface area contributed by atoms with E-state index in [4.69, 9.17) is 0 Å². The van der Waals surface area contributed by atoms with Gasteiger partial charge >= 0.3 is 0 Å². The van der Waals surface area contributed by atoms with E-state index in [1.807, 2.05) is 0 Å². The summed E-state index contributed by atoms with van der Waals surface area (Å²) in [7, 11) is 0. The number of amidine groups is 1. The smallest absolute Gasteiger partial charge is 0.195 e. The van der Waals surface area contributed by atoms with Crippen molar-refractivity contribution in [2.45, 2.75) is 0 Å². The third-order valence-electron chi connectivity index (χ3n) is 0.776. The molecule has 0 saturated heterocycles. The van der Waals surface area contributed by atoms with Gasteiger partial charge in [-0.1, -0.05) is 0 Å². The van der Waals surface area contributed by atoms with Gasteiger partial charge in [-0.2, -0.15) is 0 Å². The minimum atomic E-state index is 0.253. The third kappa shape index (κ3) is 0.900. The van der Waals surface area contributed by atoms with Crippen LogP contribution in [0.5, 0.6) is 0 Å². The average molecular weight is 111 g/mol. The molecule has 0 radical (unpaired) electrons. The number of nitrogens with zero attached hydrogens (tertiary/aromatic N) is 2. The fraction of sp³-hybridized carbons (Fsp3) is 0.250. The van der Waals surface area contributed by atoms with Gasteiger partial charge in [-0.3, -0.25) is 0 Å². The van der Waals surface area contributed by atoms with Gasteiger partial charge in [0.05, 0.1) is 0 Å². The standard InChI is InChI=1S/C4H5N3O/c8-7-4-1-2-5-3-6-4/h1-2,5H,3H2. The molecule has 1 aliphatic heterocycles. The van der Waals surface area contributed by atoms with Gasteiger partial charge in [-0.25, -0.2) is 4.99 Å². The van der Waals surface area contributed by atoms with Crippen molar-refractivity contribution >= 4 is 5.84 Å². The van der Waals surface area contributed by atoms with Crippen LogP contribution in [0.1, 0.15) is 0 Å². The first-order valence-corrected chi connectivity index (χ1v) is 2.21. The molecule has 0 bridgehead atoms. The SMILES string of the molecule is O=NC1=NCNC=C1. The van der Waals surface area contributed by atoms with Gasteiger partial charge in [-0.05, 0) is 5.18 Å². The molecule has 0 spiro atoms. The summed E-state index contributed by atoms with van der Waals surface area (Å²) in [5.74, 6) is 0.253. The second-order valence-corrected chi connectivity index (χ2v) is 1.30. The van der Waals surface area contributed by atoms with E-state index in [-0.39, 0.29) is 5.84 Å². The van der Waals surface area contributed by atoms with Crippen LogP contribution in [0.4, 0.5) is 0 Å². The molecule has 0 aromatic rings. The van der Waals surface area contributed by atoms with E-state index in [2.05, 4.69) is 15.5 Å². The number of rotatable bonds is 0. The molecular formula is C4H5N3O. The van der Waals surface area contributed by atoms with Crippen molar-refractivity contribution in [2.75, 3.05) is 6.67 Å². The molecule has 1 rings (SSSR count). The molecule has 0 aliphatic carbocycles. The second kappa shape index (κ2) is 2.20. The van der Waals surface area contributed by atoms with Crippen LogP contribution in [0, 0.1) is 4.91 Å². The Labute approximate surface area is 46.3 Å². The highest BCUT2D eigenvalue weighted by molar-refractivity contribution is 5.93. The average Bonchev–Trinajstić information content (AvgIpc) is 1.90. The van der Waals surface area contributed by atoms with Crippen LogP contribution in [-0.4, -0.2) is 12.5 Å². The molecule has 4 nitrogen and oxygen atoms in total. The Morgan fingerprint density at radius 1 is 1.88 bits per heavy atom. The van der Waals surface area contributed by atoms with Crippen molar-refractivity contribution in [1.29, 1.82) is 0 Å². The maximum atomic E-state index is 9.70. The molecule has 1 aliphatic rings. The minimum Gasteiger partial charge on any atom is -0.372 e. The minimum absolute atomic E-state index is 0.253.